The van der Waals surface area contributed by atoms with Crippen molar-refractivity contribution in [3.8, 4) is 0 Å². The van der Waals surface area contributed by atoms with Crippen LogP contribution in [0.25, 0.3) is 0 Å². The summed E-state index contributed by atoms with van der Waals surface area (Å²) >= 11 is 1.63. The van der Waals surface area contributed by atoms with Crippen LogP contribution in [-0.4, -0.2) is 16.1 Å². The molecule has 0 atom stereocenters. The van der Waals surface area contributed by atoms with Crippen LogP contribution in [-0.2, 0) is 6.54 Å². The molecule has 5 nitrogen and oxygen atoms in total. The maximum Gasteiger partial charge on any atom is 0.337 e. The van der Waals surface area contributed by atoms with Gasteiger partial charge in [-0.05, 0) is 34.9 Å². The smallest absolute Gasteiger partial charge is 0.337 e. The Hall–Kier alpha value is -2.08. The van der Waals surface area contributed by atoms with E-state index in [0.717, 1.165) is 5.56 Å². The van der Waals surface area contributed by atoms with E-state index in [0.29, 0.717) is 12.4 Å². The third-order valence-electron chi connectivity index (χ3n) is 2.63. The van der Waals surface area contributed by atoms with E-state index in [1.807, 2.05) is 12.3 Å². The standard InChI is InChI=1S/C12H13N3O2S/c1-7-5-18-6-8(7)4-15-11-10(13)9(12(16)17)2-3-14-11/h2-3,5-6H,4,13H2,1H3,(H,14,15)(H,16,17). The number of rotatable bonds is 4. The number of pyridine rings is 1. The molecule has 2 heterocycles. The molecule has 0 saturated heterocycles. The summed E-state index contributed by atoms with van der Waals surface area (Å²) in [4.78, 5) is 15.0. The highest BCUT2D eigenvalue weighted by Gasteiger charge is 2.12. The van der Waals surface area contributed by atoms with Crippen molar-refractivity contribution in [1.82, 2.24) is 4.98 Å². The summed E-state index contributed by atoms with van der Waals surface area (Å²) in [6.45, 7) is 2.60. The van der Waals surface area contributed by atoms with Gasteiger partial charge in [0.25, 0.3) is 0 Å². The average Bonchev–Trinajstić information content (AvgIpc) is 2.73. The van der Waals surface area contributed by atoms with Crippen LogP contribution in [0.4, 0.5) is 11.5 Å². The second-order valence-corrected chi connectivity index (χ2v) is 4.60. The molecule has 4 N–H and O–H groups in total. The van der Waals surface area contributed by atoms with Crippen LogP contribution < -0.4 is 11.1 Å². The first kappa shape index (κ1) is 12.4. The van der Waals surface area contributed by atoms with Gasteiger partial charge in [0.1, 0.15) is 5.82 Å². The number of aromatic carboxylic acids is 1. The first-order valence-electron chi connectivity index (χ1n) is 5.33. The number of thiophene rings is 1. The van der Waals surface area contributed by atoms with E-state index in [1.54, 1.807) is 11.3 Å². The SMILES string of the molecule is Cc1cscc1CNc1nccc(C(=O)O)c1N. The molecular formula is C12H13N3O2S. The number of aryl methyl sites for hydroxylation is 1. The minimum absolute atomic E-state index is 0.0644. The molecule has 0 spiro atoms. The summed E-state index contributed by atoms with van der Waals surface area (Å²) in [6, 6.07) is 1.39. The fourth-order valence-corrected chi connectivity index (χ4v) is 2.40. The molecule has 18 heavy (non-hydrogen) atoms. The number of carbonyl (C=O) groups is 1. The number of nitrogen functional groups attached to an aromatic ring is 1. The molecule has 0 fully saturated rings. The van der Waals surface area contributed by atoms with E-state index < -0.39 is 5.97 Å². The number of nitrogens with zero attached hydrogens (tertiary/aromatic N) is 1. The summed E-state index contributed by atoms with van der Waals surface area (Å²) < 4.78 is 0. The lowest BCUT2D eigenvalue weighted by Gasteiger charge is -2.09. The highest BCUT2D eigenvalue weighted by atomic mass is 32.1. The van der Waals surface area contributed by atoms with Crippen molar-refractivity contribution in [3.63, 3.8) is 0 Å². The second-order valence-electron chi connectivity index (χ2n) is 3.86. The first-order valence-corrected chi connectivity index (χ1v) is 6.27. The third kappa shape index (κ3) is 2.43. The van der Waals surface area contributed by atoms with E-state index in [4.69, 9.17) is 10.8 Å². The zero-order chi connectivity index (χ0) is 13.1. The van der Waals surface area contributed by atoms with Gasteiger partial charge in [0, 0.05) is 12.7 Å². The quantitative estimate of drug-likeness (QED) is 0.788. The Bertz CT molecular complexity index is 580. The molecule has 0 saturated carbocycles. The molecule has 94 valence electrons. The monoisotopic (exact) mass is 263 g/mol. The van der Waals surface area contributed by atoms with Gasteiger partial charge >= 0.3 is 5.97 Å². The molecule has 0 radical (unpaired) electrons. The van der Waals surface area contributed by atoms with E-state index >= 15 is 0 Å². The summed E-state index contributed by atoms with van der Waals surface area (Å²) in [5.41, 5.74) is 8.34. The maximum atomic E-state index is 10.9. The fourth-order valence-electron chi connectivity index (χ4n) is 1.55. The fraction of sp³-hybridized carbons (Fsp3) is 0.167. The van der Waals surface area contributed by atoms with E-state index in [9.17, 15) is 4.79 Å². The van der Waals surface area contributed by atoms with Gasteiger partial charge in [0.2, 0.25) is 0 Å². The molecule has 0 aliphatic rings. The predicted molar refractivity (Wildman–Crippen MR) is 72.0 cm³/mol. The molecule has 2 aromatic rings. The largest absolute Gasteiger partial charge is 0.478 e. The van der Waals surface area contributed by atoms with Crippen molar-refractivity contribution in [2.24, 2.45) is 0 Å². The lowest BCUT2D eigenvalue weighted by molar-refractivity contribution is 0.0698. The Morgan fingerprint density at radius 3 is 2.94 bits per heavy atom. The molecule has 0 unspecified atom stereocenters. The van der Waals surface area contributed by atoms with Gasteiger partial charge < -0.3 is 16.2 Å². The summed E-state index contributed by atoms with van der Waals surface area (Å²) in [7, 11) is 0. The Kier molecular flexibility index (Phi) is 3.47. The van der Waals surface area contributed by atoms with E-state index in [2.05, 4.69) is 15.7 Å². The summed E-state index contributed by atoms with van der Waals surface area (Å²) in [5, 5.41) is 16.1. The van der Waals surface area contributed by atoms with Gasteiger partial charge in [0.15, 0.2) is 0 Å². The second kappa shape index (κ2) is 5.05. The average molecular weight is 263 g/mol. The lowest BCUT2D eigenvalue weighted by Crippen LogP contribution is -2.09. The van der Waals surface area contributed by atoms with Crippen molar-refractivity contribution >= 4 is 28.8 Å². The zero-order valence-electron chi connectivity index (χ0n) is 9.80. The van der Waals surface area contributed by atoms with Crippen LogP contribution in [0, 0.1) is 6.92 Å². The van der Waals surface area contributed by atoms with E-state index in [1.165, 1.54) is 17.8 Å². The number of anilines is 2. The number of hydrogen-bond acceptors (Lipinski definition) is 5. The molecular weight excluding hydrogens is 250 g/mol. The molecule has 2 rings (SSSR count). The van der Waals surface area contributed by atoms with Gasteiger partial charge in [0.05, 0.1) is 11.3 Å². The molecule has 0 aliphatic heterocycles. The van der Waals surface area contributed by atoms with Crippen LogP contribution >= 0.6 is 11.3 Å². The molecule has 0 bridgehead atoms. The third-order valence-corrected chi connectivity index (χ3v) is 3.54. The molecule has 6 heteroatoms. The Balaban J connectivity index is 2.17. The summed E-state index contributed by atoms with van der Waals surface area (Å²) in [6.07, 6.45) is 1.43. The number of hydrogen-bond donors (Lipinski definition) is 3. The van der Waals surface area contributed by atoms with Gasteiger partial charge in [-0.2, -0.15) is 11.3 Å². The number of carboxylic acids is 1. The van der Waals surface area contributed by atoms with Crippen molar-refractivity contribution in [2.45, 2.75) is 13.5 Å². The predicted octanol–water partition coefficient (Wildman–Crippen LogP) is 2.34. The Morgan fingerprint density at radius 1 is 1.56 bits per heavy atom. The number of aromatic nitrogens is 1. The molecule has 0 amide bonds. The highest BCUT2D eigenvalue weighted by Crippen LogP contribution is 2.21. The van der Waals surface area contributed by atoms with Gasteiger partial charge in [-0.25, -0.2) is 9.78 Å². The van der Waals surface area contributed by atoms with Gasteiger partial charge in [-0.15, -0.1) is 0 Å². The zero-order valence-corrected chi connectivity index (χ0v) is 10.6. The summed E-state index contributed by atoms with van der Waals surface area (Å²) in [5.74, 6) is -0.648. The molecule has 2 aromatic heterocycles. The molecule has 0 aliphatic carbocycles. The minimum atomic E-state index is -1.05. The van der Waals surface area contributed by atoms with Crippen molar-refractivity contribution < 1.29 is 9.90 Å². The van der Waals surface area contributed by atoms with Crippen molar-refractivity contribution in [3.05, 3.63) is 39.7 Å². The van der Waals surface area contributed by atoms with Crippen LogP contribution in [0.5, 0.6) is 0 Å². The first-order chi connectivity index (χ1) is 8.59. The van der Waals surface area contributed by atoms with Crippen LogP contribution in [0.15, 0.2) is 23.0 Å². The highest BCUT2D eigenvalue weighted by molar-refractivity contribution is 7.08. The number of carboxylic acid groups (broad SMARTS) is 1. The van der Waals surface area contributed by atoms with Crippen LogP contribution in [0.3, 0.4) is 0 Å². The minimum Gasteiger partial charge on any atom is -0.478 e. The van der Waals surface area contributed by atoms with Crippen LogP contribution in [0.1, 0.15) is 21.5 Å². The van der Waals surface area contributed by atoms with Crippen molar-refractivity contribution in [1.29, 1.82) is 0 Å². The van der Waals surface area contributed by atoms with Crippen molar-refractivity contribution in [2.75, 3.05) is 11.1 Å². The van der Waals surface area contributed by atoms with Gasteiger partial charge in [-0.3, -0.25) is 0 Å². The van der Waals surface area contributed by atoms with E-state index in [-0.39, 0.29) is 11.3 Å². The number of nitrogens with two attached hydrogens (primary N) is 1. The topological polar surface area (TPSA) is 88.2 Å². The lowest BCUT2D eigenvalue weighted by atomic mass is 10.2. The Morgan fingerprint density at radius 2 is 2.33 bits per heavy atom. The molecule has 0 aromatic carbocycles. The normalized spacial score (nSPS) is 10.3. The Labute approximate surface area is 108 Å². The number of nitrogens with one attached hydrogen (secondary N) is 1. The van der Waals surface area contributed by atoms with Crippen LogP contribution in [0.2, 0.25) is 0 Å². The van der Waals surface area contributed by atoms with Gasteiger partial charge in [-0.1, -0.05) is 0 Å². The maximum absolute atomic E-state index is 10.9.